The van der Waals surface area contributed by atoms with Gasteiger partial charge in [-0.25, -0.2) is 0 Å². The van der Waals surface area contributed by atoms with E-state index in [1.165, 1.54) is 0 Å². The van der Waals surface area contributed by atoms with Crippen LogP contribution in [-0.2, 0) is 7.05 Å². The van der Waals surface area contributed by atoms with Gasteiger partial charge in [0.15, 0.2) is 0 Å². The Morgan fingerprint density at radius 1 is 1.19 bits per heavy atom. The van der Waals surface area contributed by atoms with Gasteiger partial charge in [-0.1, -0.05) is 11.6 Å². The Morgan fingerprint density at radius 3 is 2.57 bits per heavy atom. The average Bonchev–Trinajstić information content (AvgIpc) is 2.51. The van der Waals surface area contributed by atoms with E-state index in [4.69, 9.17) is 16.9 Å². The van der Waals surface area contributed by atoms with Crippen LogP contribution >= 0.6 is 11.6 Å². The first kappa shape index (κ1) is 13.3. The van der Waals surface area contributed by atoms with E-state index in [0.717, 1.165) is 11.1 Å². The number of hydrogen-bond donors (Lipinski definition) is 0. The molecule has 3 rings (SSSR count). The molecule has 4 nitrogen and oxygen atoms in total. The van der Waals surface area contributed by atoms with Crippen LogP contribution in [0.3, 0.4) is 0 Å². The average molecular weight is 296 g/mol. The van der Waals surface area contributed by atoms with Crippen LogP contribution in [0.15, 0.2) is 47.3 Å². The van der Waals surface area contributed by atoms with Crippen molar-refractivity contribution >= 4 is 22.5 Å². The molecule has 0 radical (unpaired) electrons. The highest BCUT2D eigenvalue weighted by atomic mass is 35.5. The number of nitrogens with zero attached hydrogens (tertiary/aromatic N) is 3. The van der Waals surface area contributed by atoms with E-state index in [2.05, 4.69) is 11.1 Å². The Kier molecular flexibility index (Phi) is 3.20. The maximum atomic E-state index is 12.2. The van der Waals surface area contributed by atoms with Crippen molar-refractivity contribution in [3.63, 3.8) is 0 Å². The summed E-state index contributed by atoms with van der Waals surface area (Å²) >= 11 is 5.93. The maximum absolute atomic E-state index is 12.2. The van der Waals surface area contributed by atoms with E-state index in [1.807, 2.05) is 11.6 Å². The molecule has 0 saturated carbocycles. The van der Waals surface area contributed by atoms with Crippen molar-refractivity contribution in [3.05, 3.63) is 63.4 Å². The third-order valence-corrected chi connectivity index (χ3v) is 3.58. The zero-order valence-electron chi connectivity index (χ0n) is 11.2. The van der Waals surface area contributed by atoms with E-state index in [0.29, 0.717) is 21.8 Å². The predicted molar refractivity (Wildman–Crippen MR) is 82.1 cm³/mol. The summed E-state index contributed by atoms with van der Waals surface area (Å²) in [4.78, 5) is 16.3. The van der Waals surface area contributed by atoms with Gasteiger partial charge in [-0.2, -0.15) is 10.2 Å². The smallest absolute Gasteiger partial charge is 0.281 e. The van der Waals surface area contributed by atoms with E-state index in [9.17, 15) is 4.79 Å². The van der Waals surface area contributed by atoms with Crippen LogP contribution in [0.5, 0.6) is 0 Å². The molecule has 0 aliphatic rings. The van der Waals surface area contributed by atoms with E-state index in [1.54, 1.807) is 42.5 Å². The van der Waals surface area contributed by atoms with Crippen molar-refractivity contribution in [1.82, 2.24) is 9.55 Å². The summed E-state index contributed by atoms with van der Waals surface area (Å²) in [6.07, 6.45) is 0. The highest BCUT2D eigenvalue weighted by molar-refractivity contribution is 6.31. The number of hydrogen-bond acceptors (Lipinski definition) is 3. The minimum absolute atomic E-state index is 0.315. The fraction of sp³-hybridized carbons (Fsp3) is 0.0625. The van der Waals surface area contributed by atoms with Gasteiger partial charge in [-0.3, -0.25) is 4.79 Å². The van der Waals surface area contributed by atoms with Crippen LogP contribution < -0.4 is 5.56 Å². The van der Waals surface area contributed by atoms with Gasteiger partial charge in [0.25, 0.3) is 5.56 Å². The quantitative estimate of drug-likeness (QED) is 0.693. The molecule has 0 N–H and O–H groups in total. The first-order valence-corrected chi connectivity index (χ1v) is 6.65. The molecule has 0 atom stereocenters. The van der Waals surface area contributed by atoms with Crippen LogP contribution in [0.25, 0.3) is 22.3 Å². The Bertz CT molecular complexity index is 937. The van der Waals surface area contributed by atoms with Crippen LogP contribution in [0, 0.1) is 11.3 Å². The Hall–Kier alpha value is -2.64. The highest BCUT2D eigenvalue weighted by Gasteiger charge is 2.10. The number of fused-ring (bicyclic) bond motifs is 1. The number of rotatable bonds is 1. The number of aromatic nitrogens is 2. The van der Waals surface area contributed by atoms with Gasteiger partial charge in [0.05, 0.1) is 22.5 Å². The second-order valence-corrected chi connectivity index (χ2v) is 5.09. The molecular weight excluding hydrogens is 286 g/mol. The lowest BCUT2D eigenvalue weighted by Gasteiger charge is -2.11. The molecule has 102 valence electrons. The van der Waals surface area contributed by atoms with Crippen molar-refractivity contribution in [2.24, 2.45) is 7.05 Å². The molecular formula is C16H10ClN3O. The standard InChI is InChI=1S/C16H10ClN3O/c1-20-14-7-6-12(17)8-13(14)16(21)19-15(20)11-4-2-10(9-18)3-5-11/h2-8H,1H3. The summed E-state index contributed by atoms with van der Waals surface area (Å²) in [5.41, 5.74) is 1.80. The summed E-state index contributed by atoms with van der Waals surface area (Å²) in [5.74, 6) is 0.555. The predicted octanol–water partition coefficient (Wildman–Crippen LogP) is 3.13. The third kappa shape index (κ3) is 2.28. The van der Waals surface area contributed by atoms with Gasteiger partial charge in [-0.15, -0.1) is 0 Å². The lowest BCUT2D eigenvalue weighted by atomic mass is 10.1. The first-order valence-electron chi connectivity index (χ1n) is 6.27. The van der Waals surface area contributed by atoms with Crippen molar-refractivity contribution in [2.45, 2.75) is 0 Å². The molecule has 21 heavy (non-hydrogen) atoms. The zero-order chi connectivity index (χ0) is 15.0. The van der Waals surface area contributed by atoms with Crippen molar-refractivity contribution in [2.75, 3.05) is 0 Å². The van der Waals surface area contributed by atoms with Crippen LogP contribution in [0.4, 0.5) is 0 Å². The monoisotopic (exact) mass is 295 g/mol. The molecule has 3 aromatic rings. The van der Waals surface area contributed by atoms with Crippen molar-refractivity contribution in [3.8, 4) is 17.5 Å². The number of halogens is 1. The summed E-state index contributed by atoms with van der Waals surface area (Å²) in [5, 5.41) is 9.83. The molecule has 0 saturated heterocycles. The van der Waals surface area contributed by atoms with Crippen molar-refractivity contribution in [1.29, 1.82) is 5.26 Å². The minimum Gasteiger partial charge on any atom is -0.328 e. The largest absolute Gasteiger partial charge is 0.328 e. The third-order valence-electron chi connectivity index (χ3n) is 3.35. The number of benzene rings is 2. The second-order valence-electron chi connectivity index (χ2n) is 4.65. The Labute approximate surface area is 125 Å². The normalized spacial score (nSPS) is 10.5. The molecule has 2 aromatic carbocycles. The van der Waals surface area contributed by atoms with E-state index in [-0.39, 0.29) is 5.56 Å². The number of aryl methyl sites for hydroxylation is 1. The van der Waals surface area contributed by atoms with Crippen LogP contribution in [0.1, 0.15) is 5.56 Å². The fourth-order valence-corrected chi connectivity index (χ4v) is 2.44. The highest BCUT2D eigenvalue weighted by Crippen LogP contribution is 2.21. The first-order chi connectivity index (χ1) is 10.1. The van der Waals surface area contributed by atoms with Gasteiger partial charge in [0.1, 0.15) is 5.82 Å². The van der Waals surface area contributed by atoms with E-state index >= 15 is 0 Å². The lowest BCUT2D eigenvalue weighted by molar-refractivity contribution is 0.915. The van der Waals surface area contributed by atoms with Gasteiger partial charge in [0.2, 0.25) is 0 Å². The van der Waals surface area contributed by atoms with E-state index < -0.39 is 0 Å². The SMILES string of the molecule is Cn1c(-c2ccc(C#N)cc2)nc(=O)c2cc(Cl)ccc21. The molecule has 1 heterocycles. The van der Waals surface area contributed by atoms with Crippen LogP contribution in [0.2, 0.25) is 5.02 Å². The van der Waals surface area contributed by atoms with Gasteiger partial charge in [0, 0.05) is 17.6 Å². The molecule has 0 aliphatic carbocycles. The Morgan fingerprint density at radius 2 is 1.90 bits per heavy atom. The summed E-state index contributed by atoms with van der Waals surface area (Å²) in [7, 11) is 1.84. The van der Waals surface area contributed by atoms with Crippen molar-refractivity contribution < 1.29 is 0 Å². The lowest BCUT2D eigenvalue weighted by Crippen LogP contribution is -2.14. The van der Waals surface area contributed by atoms with Gasteiger partial charge >= 0.3 is 0 Å². The fourth-order valence-electron chi connectivity index (χ4n) is 2.27. The molecule has 0 fully saturated rings. The second kappa shape index (κ2) is 5.04. The zero-order valence-corrected chi connectivity index (χ0v) is 11.9. The summed E-state index contributed by atoms with van der Waals surface area (Å²) < 4.78 is 1.84. The molecule has 0 bridgehead atoms. The summed E-state index contributed by atoms with van der Waals surface area (Å²) in [6.45, 7) is 0. The molecule has 0 unspecified atom stereocenters. The molecule has 0 spiro atoms. The number of nitriles is 1. The maximum Gasteiger partial charge on any atom is 0.281 e. The molecule has 0 amide bonds. The topological polar surface area (TPSA) is 58.7 Å². The summed E-state index contributed by atoms with van der Waals surface area (Å²) in [6, 6.07) is 14.2. The minimum atomic E-state index is -0.315. The van der Waals surface area contributed by atoms with Gasteiger partial charge in [-0.05, 0) is 42.5 Å². The molecule has 0 aliphatic heterocycles. The van der Waals surface area contributed by atoms with Gasteiger partial charge < -0.3 is 4.57 Å². The Balaban J connectivity index is 2.28. The van der Waals surface area contributed by atoms with Crippen LogP contribution in [-0.4, -0.2) is 9.55 Å². The molecule has 1 aromatic heterocycles. The molecule has 5 heteroatoms.